The van der Waals surface area contributed by atoms with Gasteiger partial charge in [-0.2, -0.15) is 0 Å². The Labute approximate surface area is 149 Å². The number of halogens is 1. The maximum absolute atomic E-state index is 5.82. The van der Waals surface area contributed by atoms with Crippen molar-refractivity contribution in [2.75, 3.05) is 6.61 Å². The Kier molecular flexibility index (Phi) is 6.52. The number of fused-ring (bicyclic) bond motifs is 2. The van der Waals surface area contributed by atoms with E-state index in [-0.39, 0.29) is 0 Å². The van der Waals surface area contributed by atoms with E-state index in [1.165, 1.54) is 67.7 Å². The normalized spacial score (nSPS) is 24.3. The molecule has 0 aromatic heterocycles. The quantitative estimate of drug-likeness (QED) is 0.286. The molecule has 0 spiro atoms. The second-order valence-corrected chi connectivity index (χ2v) is 8.44. The standard InChI is InChI=1S/C19H28BIO/c21-18-10-12-19(13-11-18)22-15-3-1-2-14-20-16-6-4-7-17(20)9-5-8-16/h10-13,16-17H,1-9,14-15H2. The minimum atomic E-state index is 0.873. The summed E-state index contributed by atoms with van der Waals surface area (Å²) in [5, 5.41) is 0. The summed E-state index contributed by atoms with van der Waals surface area (Å²) in [6.07, 6.45) is 14.6. The molecule has 0 saturated carbocycles. The van der Waals surface area contributed by atoms with Gasteiger partial charge in [0.05, 0.1) is 6.61 Å². The van der Waals surface area contributed by atoms with Crippen molar-refractivity contribution < 1.29 is 4.74 Å². The van der Waals surface area contributed by atoms with Crippen LogP contribution in [0.2, 0.25) is 18.0 Å². The molecular formula is C19H28BIO. The zero-order chi connectivity index (χ0) is 15.2. The largest absolute Gasteiger partial charge is 0.494 e. The van der Waals surface area contributed by atoms with Gasteiger partial charge in [-0.3, -0.25) is 0 Å². The summed E-state index contributed by atoms with van der Waals surface area (Å²) in [6, 6.07) is 8.37. The number of hydrogen-bond acceptors (Lipinski definition) is 1. The molecule has 0 N–H and O–H groups in total. The van der Waals surface area contributed by atoms with E-state index in [2.05, 4.69) is 46.9 Å². The van der Waals surface area contributed by atoms with Gasteiger partial charge < -0.3 is 4.74 Å². The van der Waals surface area contributed by atoms with Crippen LogP contribution in [0.1, 0.15) is 57.8 Å². The van der Waals surface area contributed by atoms with E-state index in [9.17, 15) is 0 Å². The summed E-state index contributed by atoms with van der Waals surface area (Å²) >= 11 is 2.33. The number of benzene rings is 1. The second kappa shape index (κ2) is 8.61. The first-order chi connectivity index (χ1) is 10.8. The van der Waals surface area contributed by atoms with Gasteiger partial charge in [0.15, 0.2) is 0 Å². The molecule has 2 bridgehead atoms. The van der Waals surface area contributed by atoms with E-state index >= 15 is 0 Å². The summed E-state index contributed by atoms with van der Waals surface area (Å²) in [5.41, 5.74) is 0. The molecule has 2 aliphatic rings. The SMILES string of the molecule is Ic1ccc(OCCCCCB2C3CCCC2CCC3)cc1. The van der Waals surface area contributed by atoms with E-state index in [1.54, 1.807) is 0 Å². The topological polar surface area (TPSA) is 9.23 Å². The van der Waals surface area contributed by atoms with Gasteiger partial charge in [-0.15, -0.1) is 0 Å². The highest BCUT2D eigenvalue weighted by Gasteiger charge is 2.37. The lowest BCUT2D eigenvalue weighted by Crippen LogP contribution is -2.34. The number of unbranched alkanes of at least 4 members (excludes halogenated alkanes) is 2. The van der Waals surface area contributed by atoms with Crippen LogP contribution < -0.4 is 4.74 Å². The van der Waals surface area contributed by atoms with Gasteiger partial charge in [-0.25, -0.2) is 0 Å². The van der Waals surface area contributed by atoms with Gasteiger partial charge in [-0.1, -0.05) is 69.3 Å². The van der Waals surface area contributed by atoms with Gasteiger partial charge in [0.2, 0.25) is 0 Å². The van der Waals surface area contributed by atoms with Gasteiger partial charge in [0.25, 0.3) is 0 Å². The van der Waals surface area contributed by atoms with Crippen LogP contribution in [0.3, 0.4) is 0 Å². The van der Waals surface area contributed by atoms with Crippen molar-refractivity contribution in [2.45, 2.75) is 75.7 Å². The lowest BCUT2D eigenvalue weighted by atomic mass is 9.26. The molecule has 2 fully saturated rings. The first-order valence-electron chi connectivity index (χ1n) is 9.21. The third kappa shape index (κ3) is 4.66. The highest BCUT2D eigenvalue weighted by molar-refractivity contribution is 14.1. The predicted molar refractivity (Wildman–Crippen MR) is 104 cm³/mol. The molecule has 1 aromatic carbocycles. The molecule has 0 amide bonds. The van der Waals surface area contributed by atoms with Crippen LogP contribution in [-0.4, -0.2) is 13.3 Å². The molecule has 2 saturated heterocycles. The minimum absolute atomic E-state index is 0.873. The molecule has 2 heterocycles. The number of hydrogen-bond donors (Lipinski definition) is 0. The summed E-state index contributed by atoms with van der Waals surface area (Å²) in [7, 11) is 0. The van der Waals surface area contributed by atoms with Crippen molar-refractivity contribution in [1.82, 2.24) is 0 Å². The van der Waals surface area contributed by atoms with Crippen LogP contribution in [0.5, 0.6) is 5.75 Å². The van der Waals surface area contributed by atoms with Crippen molar-refractivity contribution in [2.24, 2.45) is 0 Å². The highest BCUT2D eigenvalue weighted by atomic mass is 127. The Bertz CT molecular complexity index is 425. The smallest absolute Gasteiger partial charge is 0.146 e. The van der Waals surface area contributed by atoms with Crippen molar-refractivity contribution in [1.29, 1.82) is 0 Å². The van der Waals surface area contributed by atoms with Crippen molar-refractivity contribution in [3.63, 3.8) is 0 Å². The zero-order valence-electron chi connectivity index (χ0n) is 13.6. The number of rotatable bonds is 7. The molecular weight excluding hydrogens is 382 g/mol. The average Bonchev–Trinajstić information content (AvgIpc) is 2.52. The predicted octanol–water partition coefficient (Wildman–Crippen LogP) is 6.44. The van der Waals surface area contributed by atoms with E-state index in [4.69, 9.17) is 4.74 Å². The Morgan fingerprint density at radius 3 is 2.18 bits per heavy atom. The molecule has 1 nitrogen and oxygen atoms in total. The van der Waals surface area contributed by atoms with Crippen molar-refractivity contribution in [3.8, 4) is 5.75 Å². The molecule has 0 aliphatic carbocycles. The maximum atomic E-state index is 5.82. The zero-order valence-corrected chi connectivity index (χ0v) is 15.8. The fourth-order valence-electron chi connectivity index (χ4n) is 4.67. The van der Waals surface area contributed by atoms with Gasteiger partial charge in [-0.05, 0) is 53.3 Å². The van der Waals surface area contributed by atoms with Gasteiger partial charge in [0.1, 0.15) is 12.5 Å². The maximum Gasteiger partial charge on any atom is 0.146 e. The van der Waals surface area contributed by atoms with Gasteiger partial charge >= 0.3 is 0 Å². The van der Waals surface area contributed by atoms with Crippen LogP contribution in [0.25, 0.3) is 0 Å². The van der Waals surface area contributed by atoms with Crippen LogP contribution in [0, 0.1) is 3.57 Å². The number of ether oxygens (including phenoxy) is 1. The van der Waals surface area contributed by atoms with Crippen molar-refractivity contribution in [3.05, 3.63) is 27.8 Å². The molecule has 0 atom stereocenters. The van der Waals surface area contributed by atoms with Crippen LogP contribution in [-0.2, 0) is 0 Å². The van der Waals surface area contributed by atoms with Crippen LogP contribution in [0.15, 0.2) is 24.3 Å². The summed E-state index contributed by atoms with van der Waals surface area (Å²) in [5.74, 6) is 3.17. The van der Waals surface area contributed by atoms with E-state index in [0.29, 0.717) is 0 Å². The fraction of sp³-hybridized carbons (Fsp3) is 0.684. The van der Waals surface area contributed by atoms with Gasteiger partial charge in [0, 0.05) is 3.57 Å². The first kappa shape index (κ1) is 16.7. The Morgan fingerprint density at radius 2 is 1.55 bits per heavy atom. The lowest BCUT2D eigenvalue weighted by Gasteiger charge is -2.40. The highest BCUT2D eigenvalue weighted by Crippen LogP contribution is 2.48. The second-order valence-electron chi connectivity index (χ2n) is 7.20. The minimum Gasteiger partial charge on any atom is -0.494 e. The van der Waals surface area contributed by atoms with Crippen LogP contribution in [0.4, 0.5) is 0 Å². The molecule has 2 aliphatic heterocycles. The monoisotopic (exact) mass is 410 g/mol. The Hall–Kier alpha value is -0.185. The third-order valence-corrected chi connectivity index (χ3v) is 6.49. The summed E-state index contributed by atoms with van der Waals surface area (Å²) in [6.45, 7) is 1.94. The molecule has 3 heteroatoms. The summed E-state index contributed by atoms with van der Waals surface area (Å²) in [4.78, 5) is 0. The van der Waals surface area contributed by atoms with Crippen LogP contribution >= 0.6 is 22.6 Å². The Balaban J connectivity index is 1.30. The van der Waals surface area contributed by atoms with E-state index < -0.39 is 0 Å². The molecule has 1 aromatic rings. The lowest BCUT2D eigenvalue weighted by molar-refractivity contribution is 0.306. The first-order valence-corrected chi connectivity index (χ1v) is 10.3. The average molecular weight is 410 g/mol. The van der Waals surface area contributed by atoms with E-state index in [1.807, 2.05) is 0 Å². The third-order valence-electron chi connectivity index (χ3n) is 5.77. The molecule has 120 valence electrons. The molecule has 0 radical (unpaired) electrons. The fourth-order valence-corrected chi connectivity index (χ4v) is 5.03. The van der Waals surface area contributed by atoms with E-state index in [0.717, 1.165) is 30.7 Å². The molecule has 0 unspecified atom stereocenters. The van der Waals surface area contributed by atoms with Crippen molar-refractivity contribution >= 4 is 29.3 Å². The molecule has 22 heavy (non-hydrogen) atoms. The Morgan fingerprint density at radius 1 is 0.909 bits per heavy atom. The summed E-state index contributed by atoms with van der Waals surface area (Å²) < 4.78 is 7.09. The molecule has 3 rings (SSSR count).